The normalized spacial score (nSPS) is 10.8. The summed E-state index contributed by atoms with van der Waals surface area (Å²) in [6.45, 7) is 0. The first-order chi connectivity index (χ1) is 9.77. The molecule has 2 rings (SSSR count). The minimum absolute atomic E-state index is 0.227. The lowest BCUT2D eigenvalue weighted by Gasteiger charge is -2.05. The third-order valence-electron chi connectivity index (χ3n) is 3.10. The van der Waals surface area contributed by atoms with E-state index in [1.165, 1.54) is 11.1 Å². The van der Waals surface area contributed by atoms with Crippen molar-refractivity contribution in [1.82, 2.24) is 0 Å². The number of hydrogen-bond acceptors (Lipinski definition) is 1. The fourth-order valence-electron chi connectivity index (χ4n) is 2.10. The quantitative estimate of drug-likeness (QED) is 0.774. The van der Waals surface area contributed by atoms with E-state index in [0.29, 0.717) is 6.42 Å². The molecule has 2 nitrogen and oxygen atoms in total. The third kappa shape index (κ3) is 4.09. The summed E-state index contributed by atoms with van der Waals surface area (Å²) in [7, 11) is 0. The molecule has 1 N–H and O–H groups in total. The number of aliphatic carboxylic acids is 1. The van der Waals surface area contributed by atoms with E-state index in [1.807, 2.05) is 36.4 Å². The Kier molecular flexibility index (Phi) is 5.13. The van der Waals surface area contributed by atoms with Crippen molar-refractivity contribution in [2.45, 2.75) is 19.3 Å². The van der Waals surface area contributed by atoms with Gasteiger partial charge in [0, 0.05) is 6.42 Å². The van der Waals surface area contributed by atoms with Gasteiger partial charge in [-0.3, -0.25) is 4.79 Å². The van der Waals surface area contributed by atoms with Gasteiger partial charge in [-0.1, -0.05) is 66.7 Å². The maximum Gasteiger partial charge on any atom is 0.303 e. The van der Waals surface area contributed by atoms with Crippen molar-refractivity contribution in [3.05, 3.63) is 66.2 Å². The van der Waals surface area contributed by atoms with Crippen LogP contribution in [0.4, 0.5) is 0 Å². The first-order valence-corrected chi connectivity index (χ1v) is 6.80. The Hall–Kier alpha value is -2.35. The average Bonchev–Trinajstić information content (AvgIpc) is 2.48. The van der Waals surface area contributed by atoms with Crippen LogP contribution < -0.4 is 0 Å². The average molecular weight is 266 g/mol. The van der Waals surface area contributed by atoms with Gasteiger partial charge in [-0.15, -0.1) is 0 Å². The van der Waals surface area contributed by atoms with Crippen molar-refractivity contribution in [1.29, 1.82) is 0 Å². The summed E-state index contributed by atoms with van der Waals surface area (Å²) in [5, 5.41) is 8.60. The second-order valence-corrected chi connectivity index (χ2v) is 4.64. The molecule has 20 heavy (non-hydrogen) atoms. The van der Waals surface area contributed by atoms with Gasteiger partial charge in [-0.05, 0) is 29.5 Å². The van der Waals surface area contributed by atoms with Crippen LogP contribution in [0.1, 0.15) is 24.8 Å². The van der Waals surface area contributed by atoms with E-state index in [-0.39, 0.29) is 6.42 Å². The summed E-state index contributed by atoms with van der Waals surface area (Å²) in [5.74, 6) is -0.733. The van der Waals surface area contributed by atoms with Crippen LogP contribution >= 0.6 is 0 Å². The van der Waals surface area contributed by atoms with E-state index in [9.17, 15) is 4.79 Å². The second kappa shape index (κ2) is 7.29. The maximum atomic E-state index is 10.4. The van der Waals surface area contributed by atoms with Crippen molar-refractivity contribution in [2.75, 3.05) is 0 Å². The highest BCUT2D eigenvalue weighted by Crippen LogP contribution is 2.24. The molecule has 0 aromatic heterocycles. The number of allylic oxidation sites excluding steroid dienone is 1. The number of unbranched alkanes of at least 4 members (excludes halogenated alkanes) is 1. The van der Waals surface area contributed by atoms with Crippen molar-refractivity contribution >= 4 is 12.0 Å². The molecule has 2 aromatic carbocycles. The summed E-state index contributed by atoms with van der Waals surface area (Å²) >= 11 is 0. The number of rotatable bonds is 6. The van der Waals surface area contributed by atoms with Crippen LogP contribution in [0.15, 0.2) is 60.7 Å². The molecule has 0 aliphatic heterocycles. The van der Waals surface area contributed by atoms with Gasteiger partial charge in [0.25, 0.3) is 0 Å². The van der Waals surface area contributed by atoms with Gasteiger partial charge < -0.3 is 5.11 Å². The molecule has 0 atom stereocenters. The number of benzene rings is 2. The molecule has 2 aromatic rings. The molecule has 0 unspecified atom stereocenters. The number of hydrogen-bond donors (Lipinski definition) is 1. The van der Waals surface area contributed by atoms with Crippen molar-refractivity contribution in [3.8, 4) is 11.1 Å². The van der Waals surface area contributed by atoms with E-state index < -0.39 is 5.97 Å². The van der Waals surface area contributed by atoms with Crippen LogP contribution in [-0.4, -0.2) is 11.1 Å². The SMILES string of the molecule is O=C(O)CCCC=Cc1ccccc1-c1ccccc1. The highest BCUT2D eigenvalue weighted by Gasteiger charge is 2.00. The fourth-order valence-corrected chi connectivity index (χ4v) is 2.10. The number of carboxylic acid groups (broad SMARTS) is 1. The maximum absolute atomic E-state index is 10.4. The van der Waals surface area contributed by atoms with Crippen molar-refractivity contribution in [3.63, 3.8) is 0 Å². The van der Waals surface area contributed by atoms with E-state index in [1.54, 1.807) is 0 Å². The Morgan fingerprint density at radius 2 is 1.70 bits per heavy atom. The van der Waals surface area contributed by atoms with Gasteiger partial charge in [0.2, 0.25) is 0 Å². The van der Waals surface area contributed by atoms with E-state index in [4.69, 9.17) is 5.11 Å². The zero-order chi connectivity index (χ0) is 14.2. The van der Waals surface area contributed by atoms with Crippen molar-refractivity contribution in [2.24, 2.45) is 0 Å². The molecule has 0 fully saturated rings. The zero-order valence-corrected chi connectivity index (χ0v) is 11.3. The zero-order valence-electron chi connectivity index (χ0n) is 11.3. The number of carbonyl (C=O) groups is 1. The Labute approximate surface area is 119 Å². The largest absolute Gasteiger partial charge is 0.481 e. The topological polar surface area (TPSA) is 37.3 Å². The van der Waals surface area contributed by atoms with Gasteiger partial charge in [0.15, 0.2) is 0 Å². The van der Waals surface area contributed by atoms with Gasteiger partial charge >= 0.3 is 5.97 Å². The Morgan fingerprint density at radius 3 is 2.45 bits per heavy atom. The van der Waals surface area contributed by atoms with Crippen LogP contribution in [-0.2, 0) is 4.79 Å². The molecular weight excluding hydrogens is 248 g/mol. The Morgan fingerprint density at radius 1 is 1.00 bits per heavy atom. The lowest BCUT2D eigenvalue weighted by atomic mass is 9.99. The Bertz CT molecular complexity index is 585. The molecule has 0 bridgehead atoms. The predicted octanol–water partition coefficient (Wildman–Crippen LogP) is 4.62. The monoisotopic (exact) mass is 266 g/mol. The summed E-state index contributed by atoms with van der Waals surface area (Å²) in [6, 6.07) is 18.5. The number of carboxylic acids is 1. The standard InChI is InChI=1S/C18H18O2/c19-18(20)14-6-2-5-11-16-12-7-8-13-17(16)15-9-3-1-4-10-15/h1,3-5,7-13H,2,6,14H2,(H,19,20). The summed E-state index contributed by atoms with van der Waals surface area (Å²) in [4.78, 5) is 10.4. The third-order valence-corrected chi connectivity index (χ3v) is 3.10. The van der Waals surface area contributed by atoms with Gasteiger partial charge in [0.05, 0.1) is 0 Å². The van der Waals surface area contributed by atoms with E-state index in [0.717, 1.165) is 12.0 Å². The highest BCUT2D eigenvalue weighted by atomic mass is 16.4. The molecule has 0 aliphatic rings. The molecule has 0 radical (unpaired) electrons. The minimum Gasteiger partial charge on any atom is -0.481 e. The van der Waals surface area contributed by atoms with Crippen LogP contribution in [0.25, 0.3) is 17.2 Å². The fraction of sp³-hybridized carbons (Fsp3) is 0.167. The molecule has 2 heteroatoms. The molecule has 0 heterocycles. The molecular formula is C18H18O2. The lowest BCUT2D eigenvalue weighted by molar-refractivity contribution is -0.137. The molecule has 0 amide bonds. The molecule has 0 saturated carbocycles. The smallest absolute Gasteiger partial charge is 0.303 e. The van der Waals surface area contributed by atoms with Crippen LogP contribution in [0.3, 0.4) is 0 Å². The highest BCUT2D eigenvalue weighted by molar-refractivity contribution is 5.75. The van der Waals surface area contributed by atoms with Gasteiger partial charge in [-0.2, -0.15) is 0 Å². The minimum atomic E-state index is -0.733. The van der Waals surface area contributed by atoms with Crippen molar-refractivity contribution < 1.29 is 9.90 Å². The second-order valence-electron chi connectivity index (χ2n) is 4.64. The molecule has 0 aliphatic carbocycles. The van der Waals surface area contributed by atoms with Gasteiger partial charge in [-0.25, -0.2) is 0 Å². The van der Waals surface area contributed by atoms with Crippen LogP contribution in [0.5, 0.6) is 0 Å². The predicted molar refractivity (Wildman–Crippen MR) is 82.4 cm³/mol. The molecule has 102 valence electrons. The van der Waals surface area contributed by atoms with Gasteiger partial charge in [0.1, 0.15) is 0 Å². The Balaban J connectivity index is 2.09. The summed E-state index contributed by atoms with van der Waals surface area (Å²) in [6.07, 6.45) is 5.81. The molecule has 0 saturated heterocycles. The lowest BCUT2D eigenvalue weighted by Crippen LogP contribution is -1.92. The van der Waals surface area contributed by atoms with E-state index in [2.05, 4.69) is 30.3 Å². The summed E-state index contributed by atoms with van der Waals surface area (Å²) in [5.41, 5.74) is 3.55. The van der Waals surface area contributed by atoms with Crippen LogP contribution in [0, 0.1) is 0 Å². The van der Waals surface area contributed by atoms with Crippen LogP contribution in [0.2, 0.25) is 0 Å². The van der Waals surface area contributed by atoms with E-state index >= 15 is 0 Å². The first-order valence-electron chi connectivity index (χ1n) is 6.80. The molecule has 0 spiro atoms. The first kappa shape index (κ1) is 14.1. The summed E-state index contributed by atoms with van der Waals surface area (Å²) < 4.78 is 0.